The summed E-state index contributed by atoms with van der Waals surface area (Å²) in [5.74, 6) is -1.68. The first-order valence-electron chi connectivity index (χ1n) is 11.1. The van der Waals surface area contributed by atoms with Crippen molar-refractivity contribution < 1.29 is 19.1 Å². The van der Waals surface area contributed by atoms with E-state index in [1.807, 2.05) is 12.1 Å². The van der Waals surface area contributed by atoms with Crippen LogP contribution in [0.1, 0.15) is 33.8 Å². The van der Waals surface area contributed by atoms with E-state index < -0.39 is 17.9 Å². The number of aromatic nitrogens is 2. The molecule has 2 aromatic carbocycles. The van der Waals surface area contributed by atoms with E-state index in [-0.39, 0.29) is 30.0 Å². The molecule has 0 spiro atoms. The van der Waals surface area contributed by atoms with Crippen molar-refractivity contribution in [2.24, 2.45) is 5.73 Å². The third-order valence-corrected chi connectivity index (χ3v) is 6.59. The van der Waals surface area contributed by atoms with Crippen LogP contribution in [0.4, 0.5) is 5.69 Å². The highest BCUT2D eigenvalue weighted by molar-refractivity contribution is 5.99. The van der Waals surface area contributed by atoms with Crippen LogP contribution >= 0.6 is 0 Å². The van der Waals surface area contributed by atoms with Crippen molar-refractivity contribution in [3.63, 3.8) is 0 Å². The summed E-state index contributed by atoms with van der Waals surface area (Å²) in [5.41, 5.74) is 14.6. The van der Waals surface area contributed by atoms with Crippen molar-refractivity contribution in [3.8, 4) is 5.69 Å². The molecule has 174 valence electrons. The smallest absolute Gasteiger partial charge is 0.249 e. The van der Waals surface area contributed by atoms with E-state index in [0.29, 0.717) is 30.6 Å². The van der Waals surface area contributed by atoms with Crippen molar-refractivity contribution >= 4 is 23.3 Å². The number of amides is 2. The minimum absolute atomic E-state index is 0.0182. The lowest BCUT2D eigenvalue weighted by molar-refractivity contribution is -0.137. The number of ketones is 1. The maximum atomic E-state index is 14.0. The van der Waals surface area contributed by atoms with Gasteiger partial charge in [0.25, 0.3) is 0 Å². The van der Waals surface area contributed by atoms with Crippen LogP contribution in [0, 0.1) is 0 Å². The van der Waals surface area contributed by atoms with Gasteiger partial charge in [0.05, 0.1) is 18.3 Å². The van der Waals surface area contributed by atoms with Gasteiger partial charge in [-0.1, -0.05) is 12.1 Å². The predicted molar refractivity (Wildman–Crippen MR) is 124 cm³/mol. The summed E-state index contributed by atoms with van der Waals surface area (Å²) in [7, 11) is 0. The topological polar surface area (TPSA) is 134 Å². The molecule has 0 bridgehead atoms. The van der Waals surface area contributed by atoms with Crippen molar-refractivity contribution in [2.75, 3.05) is 18.9 Å². The first-order chi connectivity index (χ1) is 16.4. The van der Waals surface area contributed by atoms with Gasteiger partial charge in [0.1, 0.15) is 12.6 Å². The van der Waals surface area contributed by atoms with E-state index in [2.05, 4.69) is 4.98 Å². The zero-order valence-electron chi connectivity index (χ0n) is 18.5. The van der Waals surface area contributed by atoms with Crippen molar-refractivity contribution in [1.82, 2.24) is 14.5 Å². The van der Waals surface area contributed by atoms with Crippen LogP contribution in [0.25, 0.3) is 5.69 Å². The number of hydrogen-bond donors (Lipinski definition) is 2. The fourth-order valence-corrected chi connectivity index (χ4v) is 4.90. The van der Waals surface area contributed by atoms with Crippen LogP contribution in [-0.2, 0) is 20.7 Å². The Morgan fingerprint density at radius 3 is 2.68 bits per heavy atom. The number of nitrogen functional groups attached to an aromatic ring is 1. The summed E-state index contributed by atoms with van der Waals surface area (Å²) >= 11 is 0. The Bertz CT molecular complexity index is 1240. The number of primary amides is 1. The monoisotopic (exact) mass is 459 g/mol. The van der Waals surface area contributed by atoms with E-state index in [1.165, 1.54) is 0 Å². The maximum Gasteiger partial charge on any atom is 0.249 e. The van der Waals surface area contributed by atoms with Crippen LogP contribution in [0.3, 0.4) is 0 Å². The number of fused-ring (bicyclic) bond motifs is 1. The first-order valence-corrected chi connectivity index (χ1v) is 11.1. The van der Waals surface area contributed by atoms with E-state index in [0.717, 1.165) is 11.3 Å². The third-order valence-electron chi connectivity index (χ3n) is 6.59. The van der Waals surface area contributed by atoms with Gasteiger partial charge in [0.2, 0.25) is 11.8 Å². The number of rotatable bonds is 6. The molecule has 2 fully saturated rings. The summed E-state index contributed by atoms with van der Waals surface area (Å²) in [6.07, 6.45) is 5.71. The Morgan fingerprint density at radius 2 is 1.97 bits per heavy atom. The molecule has 2 amide bonds. The van der Waals surface area contributed by atoms with E-state index in [4.69, 9.17) is 16.2 Å². The molecular formula is C25H25N5O4. The fourth-order valence-electron chi connectivity index (χ4n) is 4.90. The number of carbonyl (C=O) groups is 3. The van der Waals surface area contributed by atoms with Crippen molar-refractivity contribution in [3.05, 3.63) is 77.9 Å². The average molecular weight is 460 g/mol. The molecule has 34 heavy (non-hydrogen) atoms. The van der Waals surface area contributed by atoms with Gasteiger partial charge in [0, 0.05) is 35.9 Å². The van der Waals surface area contributed by atoms with Crippen LogP contribution in [-0.4, -0.2) is 57.3 Å². The minimum atomic E-state index is -0.734. The minimum Gasteiger partial charge on any atom is -0.399 e. The first kappa shape index (κ1) is 21.8. The third kappa shape index (κ3) is 3.94. The van der Waals surface area contributed by atoms with Crippen LogP contribution in [0.5, 0.6) is 0 Å². The van der Waals surface area contributed by atoms with Crippen LogP contribution in [0.2, 0.25) is 0 Å². The van der Waals surface area contributed by atoms with Gasteiger partial charge in [-0.15, -0.1) is 0 Å². The molecule has 3 unspecified atom stereocenters. The molecule has 5 rings (SSSR count). The second-order valence-electron chi connectivity index (χ2n) is 8.68. The molecule has 3 aromatic rings. The Balaban J connectivity index is 1.60. The fraction of sp³-hybridized carbons (Fsp3) is 0.280. The zero-order chi connectivity index (χ0) is 23.8. The molecule has 2 aliphatic heterocycles. The molecule has 3 heterocycles. The number of benzene rings is 2. The Kier molecular flexibility index (Phi) is 5.62. The molecule has 4 N–H and O–H groups in total. The molecular weight excluding hydrogens is 434 g/mol. The lowest BCUT2D eigenvalue weighted by atomic mass is 9.86. The number of nitrogens with zero attached hydrogens (tertiary/aromatic N) is 3. The van der Waals surface area contributed by atoms with Gasteiger partial charge in [-0.05, 0) is 54.3 Å². The molecule has 2 aliphatic rings. The molecule has 9 heteroatoms. The number of ether oxygens (including phenoxy) is 1. The number of anilines is 1. The van der Waals surface area contributed by atoms with Crippen molar-refractivity contribution in [1.29, 1.82) is 0 Å². The predicted octanol–water partition coefficient (Wildman–Crippen LogP) is 1.45. The quantitative estimate of drug-likeness (QED) is 0.536. The van der Waals surface area contributed by atoms with Gasteiger partial charge in [0.15, 0.2) is 5.78 Å². The number of nitrogens with two attached hydrogens (primary N) is 2. The number of imidazole rings is 1. The highest BCUT2D eigenvalue weighted by Gasteiger charge is 2.48. The molecule has 0 saturated carbocycles. The van der Waals surface area contributed by atoms with Gasteiger partial charge in [-0.3, -0.25) is 14.4 Å². The van der Waals surface area contributed by atoms with Crippen LogP contribution in [0.15, 0.2) is 61.2 Å². The largest absolute Gasteiger partial charge is 0.399 e. The normalized spacial score (nSPS) is 20.4. The number of carbonyl (C=O) groups excluding carboxylic acids is 3. The number of Topliss-reactive ketones (excluding diaryl/α,β-unsaturated/α-hetero) is 1. The highest BCUT2D eigenvalue weighted by atomic mass is 16.5. The summed E-state index contributed by atoms with van der Waals surface area (Å²) < 4.78 is 7.37. The maximum absolute atomic E-state index is 14.0. The van der Waals surface area contributed by atoms with Crippen molar-refractivity contribution in [2.45, 2.75) is 30.9 Å². The molecule has 1 aromatic heterocycles. The lowest BCUT2D eigenvalue weighted by Gasteiger charge is -2.28. The van der Waals surface area contributed by atoms with E-state index >= 15 is 0 Å². The molecule has 3 atom stereocenters. The molecule has 0 aliphatic carbocycles. The van der Waals surface area contributed by atoms with Gasteiger partial charge in [-0.25, -0.2) is 4.98 Å². The molecule has 9 nitrogen and oxygen atoms in total. The van der Waals surface area contributed by atoms with E-state index in [9.17, 15) is 14.4 Å². The Labute approximate surface area is 196 Å². The molecule has 2 saturated heterocycles. The number of hydrogen-bond acceptors (Lipinski definition) is 6. The van der Waals surface area contributed by atoms with Gasteiger partial charge < -0.3 is 25.7 Å². The van der Waals surface area contributed by atoms with Gasteiger partial charge in [-0.2, -0.15) is 0 Å². The second-order valence-corrected chi connectivity index (χ2v) is 8.68. The lowest BCUT2D eigenvalue weighted by Crippen LogP contribution is -2.44. The average Bonchev–Trinajstić information content (AvgIpc) is 3.58. The Morgan fingerprint density at radius 1 is 1.18 bits per heavy atom. The summed E-state index contributed by atoms with van der Waals surface area (Å²) in [6, 6.07) is 11.9. The van der Waals surface area contributed by atoms with Crippen LogP contribution < -0.4 is 11.5 Å². The summed E-state index contributed by atoms with van der Waals surface area (Å²) in [4.78, 5) is 44.6. The highest BCUT2D eigenvalue weighted by Crippen LogP contribution is 2.34. The Hall–Kier alpha value is -3.98. The molecule has 0 radical (unpaired) electrons. The second kappa shape index (κ2) is 8.75. The van der Waals surface area contributed by atoms with Gasteiger partial charge >= 0.3 is 0 Å². The van der Waals surface area contributed by atoms with E-state index in [1.54, 1.807) is 58.5 Å². The number of likely N-dealkylation sites (tertiary alicyclic amines) is 1. The summed E-state index contributed by atoms with van der Waals surface area (Å²) in [6.45, 7) is 0.440. The standard InChI is InChI=1S/C25H25N5O4/c26-16-3-1-15(2-4-16)11-20(25(33)30-9-7-22-23(30)21(31)13-34-22)19-12-17(29-10-8-28-14-29)5-6-18(19)24(27)32/h1-6,8,10,12,14,20,22-23H,7,9,11,13,26H2,(H2,27,32). The SMILES string of the molecule is NC(=O)c1ccc(-n2ccnc2)cc1C(Cc1ccc(N)cc1)C(=O)N1CCC2OCC(=O)C21. The zero-order valence-corrected chi connectivity index (χ0v) is 18.5. The summed E-state index contributed by atoms with van der Waals surface area (Å²) in [5, 5.41) is 0.